The first-order chi connectivity index (χ1) is 24.1. The number of hydrogen-bond acceptors (Lipinski definition) is 11. The number of aliphatic hydroxyl groups excluding tert-OH is 3. The molecule has 0 aliphatic heterocycles. The van der Waals surface area contributed by atoms with E-state index in [0.29, 0.717) is 26.2 Å². The van der Waals surface area contributed by atoms with Crippen molar-refractivity contribution in [3.05, 3.63) is 96.6 Å². The predicted octanol–water partition coefficient (Wildman–Crippen LogP) is 5.37. The summed E-state index contributed by atoms with van der Waals surface area (Å²) in [6, 6.07) is 0. The van der Waals surface area contributed by atoms with Gasteiger partial charge in [-0.15, -0.1) is 0 Å². The fourth-order valence-electron chi connectivity index (χ4n) is 2.87. The van der Waals surface area contributed by atoms with E-state index in [0.717, 1.165) is 37.2 Å². The quantitative estimate of drug-likeness (QED) is 0.0687. The molecule has 0 radical (unpaired) electrons. The lowest BCUT2D eigenvalue weighted by Crippen LogP contribution is -2.32. The molecule has 0 saturated heterocycles. The Bertz CT molecular complexity index is 1170. The van der Waals surface area contributed by atoms with Gasteiger partial charge in [-0.2, -0.15) is 0 Å². The van der Waals surface area contributed by atoms with Crippen LogP contribution in [0.5, 0.6) is 0 Å². The molecule has 13 heteroatoms. The van der Waals surface area contributed by atoms with Gasteiger partial charge in [0.1, 0.15) is 13.2 Å². The number of methoxy groups -OCH3 is 1. The van der Waals surface area contributed by atoms with E-state index in [1.54, 1.807) is 0 Å². The summed E-state index contributed by atoms with van der Waals surface area (Å²) in [7, 11) is 1.25. The monoisotopic (exact) mass is 722 g/mol. The molecule has 0 fully saturated rings. The maximum absolute atomic E-state index is 10.8. The summed E-state index contributed by atoms with van der Waals surface area (Å²) in [4.78, 5) is 41.1. The summed E-state index contributed by atoms with van der Waals surface area (Å²) in [5, 5.41) is 42.3. The van der Waals surface area contributed by atoms with Crippen LogP contribution < -0.4 is 0 Å². The van der Waals surface area contributed by atoms with Gasteiger partial charge in [-0.05, 0) is 45.3 Å². The molecular formula is C38H58O13. The van der Waals surface area contributed by atoms with Gasteiger partial charge in [0.2, 0.25) is 0 Å². The Balaban J connectivity index is -0.000000582. The van der Waals surface area contributed by atoms with Gasteiger partial charge in [-0.25, -0.2) is 19.2 Å². The van der Waals surface area contributed by atoms with E-state index in [4.69, 9.17) is 35.0 Å². The molecule has 0 spiro atoms. The first-order valence-electron chi connectivity index (χ1n) is 16.3. The lowest BCUT2D eigenvalue weighted by atomic mass is 9.88. The molecule has 0 heterocycles. The second kappa shape index (κ2) is 32.5. The third kappa shape index (κ3) is 28.8. The minimum Gasteiger partial charge on any atom is -0.494 e. The van der Waals surface area contributed by atoms with E-state index < -0.39 is 23.3 Å². The van der Waals surface area contributed by atoms with Crippen LogP contribution in [0.3, 0.4) is 0 Å². The molecule has 5 N–H and O–H groups in total. The maximum Gasteiger partial charge on any atom is 0.333 e. The molecule has 0 aromatic carbocycles. The van der Waals surface area contributed by atoms with Crippen molar-refractivity contribution in [1.82, 2.24) is 0 Å². The number of rotatable bonds is 18. The minimum atomic E-state index is -1.00. The fourth-order valence-corrected chi connectivity index (χ4v) is 2.87. The smallest absolute Gasteiger partial charge is 0.333 e. The SMILES string of the molecule is C1=CCC(OCCOC2=CC=CC2)=C1.C=C(C)C(=O)O.C=C(CC=C(C)C(=O)O)C(=O)OC.C=CC(=O)OCCCC.CCC(CO)(CO)CO. The highest BCUT2D eigenvalue weighted by Crippen LogP contribution is 2.18. The minimum absolute atomic E-state index is 0.156. The molecule has 51 heavy (non-hydrogen) atoms. The Kier molecular flexibility index (Phi) is 32.3. The highest BCUT2D eigenvalue weighted by atomic mass is 16.5. The molecule has 0 aromatic heterocycles. The van der Waals surface area contributed by atoms with Crippen LogP contribution in [-0.4, -0.2) is 96.2 Å². The lowest BCUT2D eigenvalue weighted by Gasteiger charge is -2.24. The number of carbonyl (C=O) groups excluding carboxylic acids is 2. The normalized spacial score (nSPS) is 12.3. The summed E-state index contributed by atoms with van der Waals surface area (Å²) in [5.41, 5.74) is -0.0665. The molecule has 2 aliphatic rings. The van der Waals surface area contributed by atoms with Crippen LogP contribution in [-0.2, 0) is 38.1 Å². The molecule has 13 nitrogen and oxygen atoms in total. The molecular weight excluding hydrogens is 664 g/mol. The van der Waals surface area contributed by atoms with Crippen LogP contribution in [0, 0.1) is 5.41 Å². The van der Waals surface area contributed by atoms with Crippen molar-refractivity contribution in [2.75, 3.05) is 46.8 Å². The molecule has 2 aliphatic carbocycles. The van der Waals surface area contributed by atoms with Gasteiger partial charge in [-0.1, -0.05) is 70.4 Å². The van der Waals surface area contributed by atoms with Gasteiger partial charge in [-0.3, -0.25) is 0 Å². The highest BCUT2D eigenvalue weighted by molar-refractivity contribution is 5.89. The van der Waals surface area contributed by atoms with Crippen molar-refractivity contribution in [1.29, 1.82) is 0 Å². The van der Waals surface area contributed by atoms with Crippen LogP contribution in [0.25, 0.3) is 0 Å². The van der Waals surface area contributed by atoms with Crippen molar-refractivity contribution in [2.45, 2.75) is 66.2 Å². The molecule has 0 saturated carbocycles. The summed E-state index contributed by atoms with van der Waals surface area (Å²) < 4.78 is 20.0. The van der Waals surface area contributed by atoms with Crippen LogP contribution in [0.4, 0.5) is 0 Å². The van der Waals surface area contributed by atoms with Gasteiger partial charge in [0.15, 0.2) is 0 Å². The third-order valence-electron chi connectivity index (χ3n) is 6.63. The molecule has 288 valence electrons. The Morgan fingerprint density at radius 2 is 1.31 bits per heavy atom. The Morgan fingerprint density at radius 1 is 0.843 bits per heavy atom. The number of aliphatic carboxylic acids is 2. The standard InChI is InChI=1S/C12H14O2.C9H12O4.C7H12O2.C6H14O3.C4H6O2/c1-2-6-11(5-1)13-9-10-14-12-7-3-4-8-12;1-6(8(10)11)4-5-7(2)9(12)13-3;1-3-5-6-9-7(8)4-2;1-2-6(3-7,4-8)5-9;1-3(2)4(5)6/h1-5,7H,6,8-10H2;4H,2,5H2,1,3H3,(H,10,11);4H,2-3,5-6H2,1H3;7-9H,2-5H2,1H3;1H2,2H3,(H,5,6). The zero-order valence-corrected chi connectivity index (χ0v) is 30.7. The van der Waals surface area contributed by atoms with Crippen molar-refractivity contribution in [2.24, 2.45) is 5.41 Å². The van der Waals surface area contributed by atoms with E-state index in [-0.39, 0.29) is 48.9 Å². The lowest BCUT2D eigenvalue weighted by molar-refractivity contribution is -0.138. The number of carboxylic acids is 2. The summed E-state index contributed by atoms with van der Waals surface area (Å²) in [6.07, 6.45) is 19.4. The van der Waals surface area contributed by atoms with Crippen molar-refractivity contribution < 1.29 is 63.7 Å². The predicted molar refractivity (Wildman–Crippen MR) is 195 cm³/mol. The van der Waals surface area contributed by atoms with Gasteiger partial charge < -0.3 is 44.5 Å². The summed E-state index contributed by atoms with van der Waals surface area (Å²) >= 11 is 0. The fraction of sp³-hybridized carbons (Fsp3) is 0.474. The van der Waals surface area contributed by atoms with Crippen LogP contribution in [0.1, 0.15) is 66.2 Å². The van der Waals surface area contributed by atoms with Gasteiger partial charge in [0, 0.05) is 41.1 Å². The number of aliphatic hydroxyl groups is 3. The van der Waals surface area contributed by atoms with Crippen molar-refractivity contribution >= 4 is 23.9 Å². The largest absolute Gasteiger partial charge is 0.494 e. The van der Waals surface area contributed by atoms with Crippen molar-refractivity contribution in [3.63, 3.8) is 0 Å². The van der Waals surface area contributed by atoms with E-state index in [1.165, 1.54) is 33.1 Å². The second-order valence-electron chi connectivity index (χ2n) is 10.9. The zero-order chi connectivity index (χ0) is 39.7. The summed E-state index contributed by atoms with van der Waals surface area (Å²) in [6.45, 7) is 17.9. The number of unbranched alkanes of at least 4 members (excludes halogenated alkanes) is 1. The van der Waals surface area contributed by atoms with E-state index >= 15 is 0 Å². The van der Waals surface area contributed by atoms with Crippen molar-refractivity contribution in [3.8, 4) is 0 Å². The second-order valence-corrected chi connectivity index (χ2v) is 10.9. The van der Waals surface area contributed by atoms with Crippen LogP contribution in [0.2, 0.25) is 0 Å². The van der Waals surface area contributed by atoms with Gasteiger partial charge >= 0.3 is 23.9 Å². The zero-order valence-electron chi connectivity index (χ0n) is 30.7. The van der Waals surface area contributed by atoms with Crippen LogP contribution >= 0.6 is 0 Å². The first-order valence-corrected chi connectivity index (χ1v) is 16.3. The Morgan fingerprint density at radius 3 is 1.59 bits per heavy atom. The Hall–Kier alpha value is -4.72. The van der Waals surface area contributed by atoms with E-state index in [9.17, 15) is 19.2 Å². The molecule has 0 unspecified atom stereocenters. The number of carboxylic acid groups (broad SMARTS) is 2. The number of allylic oxidation sites excluding steroid dienone is 7. The Labute approximate surface area is 302 Å². The number of carbonyl (C=O) groups is 4. The molecule has 2 rings (SSSR count). The average molecular weight is 723 g/mol. The maximum atomic E-state index is 10.8. The highest BCUT2D eigenvalue weighted by Gasteiger charge is 2.24. The van der Waals surface area contributed by atoms with Gasteiger partial charge in [0.25, 0.3) is 0 Å². The molecule has 0 aromatic rings. The molecule has 0 bridgehead atoms. The molecule has 0 amide bonds. The van der Waals surface area contributed by atoms with Gasteiger partial charge in [0.05, 0.1) is 45.1 Å². The number of ether oxygens (including phenoxy) is 4. The van der Waals surface area contributed by atoms with E-state index in [1.807, 2.05) is 38.2 Å². The number of hydrogen-bond donors (Lipinski definition) is 5. The first kappa shape index (κ1) is 50.7. The third-order valence-corrected chi connectivity index (χ3v) is 6.63. The average Bonchev–Trinajstić information content (AvgIpc) is 3.86. The van der Waals surface area contributed by atoms with Crippen LogP contribution in [0.15, 0.2) is 96.6 Å². The summed E-state index contributed by atoms with van der Waals surface area (Å²) in [5.74, 6) is -0.718. The number of esters is 2. The van der Waals surface area contributed by atoms with E-state index in [2.05, 4.69) is 41.4 Å². The topological polar surface area (TPSA) is 206 Å². The molecule has 0 atom stereocenters.